The van der Waals surface area contributed by atoms with Crippen LogP contribution in [-0.4, -0.2) is 26.8 Å². The first kappa shape index (κ1) is 20.9. The minimum absolute atomic E-state index is 0.161. The molecule has 1 atom stereocenters. The number of pyridine rings is 1. The summed E-state index contributed by atoms with van der Waals surface area (Å²) in [6.45, 7) is 3.83. The van der Waals surface area contributed by atoms with Gasteiger partial charge in [0, 0.05) is 29.2 Å². The fourth-order valence-corrected chi connectivity index (χ4v) is 3.29. The highest BCUT2D eigenvalue weighted by Crippen LogP contribution is 2.23. The largest absolute Gasteiger partial charge is 0.366 e. The van der Waals surface area contributed by atoms with Crippen LogP contribution in [0.15, 0.2) is 67.0 Å². The summed E-state index contributed by atoms with van der Waals surface area (Å²) < 4.78 is 0. The maximum absolute atomic E-state index is 12.5. The number of anilines is 2. The third-order valence-electron chi connectivity index (χ3n) is 5.04. The van der Waals surface area contributed by atoms with Gasteiger partial charge in [-0.05, 0) is 49.7 Å². The van der Waals surface area contributed by atoms with Gasteiger partial charge in [-0.1, -0.05) is 24.3 Å². The zero-order valence-electron chi connectivity index (χ0n) is 17.7. The number of carbonyl (C=O) groups excluding carboxylic acids is 2. The molecule has 8 nitrogen and oxygen atoms in total. The number of rotatable bonds is 6. The molecule has 4 N–H and O–H groups in total. The number of fused-ring (bicyclic) bond motifs is 1. The lowest BCUT2D eigenvalue weighted by atomic mass is 10.1. The van der Waals surface area contributed by atoms with Crippen LogP contribution in [0.2, 0.25) is 0 Å². The number of nitrogens with one attached hydrogen (secondary N) is 2. The molecule has 4 aromatic rings. The molecule has 0 bridgehead atoms. The molecule has 2 aromatic carbocycles. The van der Waals surface area contributed by atoms with Crippen molar-refractivity contribution < 1.29 is 9.59 Å². The number of benzene rings is 2. The van der Waals surface area contributed by atoms with Gasteiger partial charge in [0.2, 0.25) is 5.95 Å². The molecule has 0 saturated carbocycles. The molecule has 1 unspecified atom stereocenters. The fraction of sp³-hybridized carbons (Fsp3) is 0.125. The van der Waals surface area contributed by atoms with Crippen LogP contribution in [0.3, 0.4) is 0 Å². The molecule has 0 radical (unpaired) electrons. The van der Waals surface area contributed by atoms with Crippen LogP contribution in [-0.2, 0) is 0 Å². The van der Waals surface area contributed by atoms with Crippen LogP contribution in [0.5, 0.6) is 0 Å². The van der Waals surface area contributed by atoms with Gasteiger partial charge in [0.25, 0.3) is 11.8 Å². The van der Waals surface area contributed by atoms with E-state index in [0.29, 0.717) is 28.3 Å². The van der Waals surface area contributed by atoms with E-state index in [-0.39, 0.29) is 11.9 Å². The van der Waals surface area contributed by atoms with Crippen molar-refractivity contribution in [3.8, 4) is 0 Å². The van der Waals surface area contributed by atoms with Crippen molar-refractivity contribution in [1.82, 2.24) is 15.0 Å². The van der Waals surface area contributed by atoms with E-state index in [1.807, 2.05) is 44.2 Å². The number of hydrogen-bond acceptors (Lipinski definition) is 6. The van der Waals surface area contributed by atoms with Gasteiger partial charge >= 0.3 is 0 Å². The van der Waals surface area contributed by atoms with Crippen molar-refractivity contribution in [3.63, 3.8) is 0 Å². The molecule has 0 aliphatic heterocycles. The summed E-state index contributed by atoms with van der Waals surface area (Å²) in [5.74, 6) is -0.397. The van der Waals surface area contributed by atoms with E-state index in [0.717, 1.165) is 16.6 Å². The average Bonchev–Trinajstić information content (AvgIpc) is 2.79. The zero-order valence-corrected chi connectivity index (χ0v) is 17.7. The summed E-state index contributed by atoms with van der Waals surface area (Å²) >= 11 is 0. The number of amides is 2. The number of aromatic nitrogens is 3. The predicted octanol–water partition coefficient (Wildman–Crippen LogP) is 3.86. The van der Waals surface area contributed by atoms with E-state index in [2.05, 4.69) is 25.6 Å². The Kier molecular flexibility index (Phi) is 5.76. The van der Waals surface area contributed by atoms with E-state index in [9.17, 15) is 9.59 Å². The predicted molar refractivity (Wildman–Crippen MR) is 123 cm³/mol. The maximum atomic E-state index is 12.5. The van der Waals surface area contributed by atoms with Crippen LogP contribution in [0.1, 0.15) is 44.9 Å². The summed E-state index contributed by atoms with van der Waals surface area (Å²) in [5, 5.41) is 6.86. The lowest BCUT2D eigenvalue weighted by Gasteiger charge is -2.16. The Balaban J connectivity index is 1.52. The molecule has 2 aromatic heterocycles. The molecule has 0 spiro atoms. The van der Waals surface area contributed by atoms with Gasteiger partial charge in [0.05, 0.1) is 22.7 Å². The van der Waals surface area contributed by atoms with Crippen LogP contribution < -0.4 is 16.4 Å². The number of nitrogens with two attached hydrogens (primary N) is 1. The average molecular weight is 426 g/mol. The standard InChI is InChI=1S/C24H22N6O2/c1-14-9-10-18(13-26-14)23(32)29-19-7-3-5-16(11-19)15(2)28-24-27-12-17-6-4-8-20(22(25)31)21(17)30-24/h3-13,15H,1-2H3,(H2,25,31)(H,29,32)(H,27,28,30). The molecule has 0 fully saturated rings. The number of nitrogens with zero attached hydrogens (tertiary/aromatic N) is 3. The summed E-state index contributed by atoms with van der Waals surface area (Å²) in [4.78, 5) is 37.2. The smallest absolute Gasteiger partial charge is 0.257 e. The van der Waals surface area contributed by atoms with Gasteiger partial charge in [0.15, 0.2) is 0 Å². The maximum Gasteiger partial charge on any atom is 0.257 e. The molecule has 160 valence electrons. The number of aryl methyl sites for hydroxylation is 1. The normalized spacial score (nSPS) is 11.7. The highest BCUT2D eigenvalue weighted by Gasteiger charge is 2.13. The summed E-state index contributed by atoms with van der Waals surface area (Å²) in [5.41, 5.74) is 9.24. The first-order valence-corrected chi connectivity index (χ1v) is 10.1. The van der Waals surface area contributed by atoms with E-state index in [4.69, 9.17) is 5.73 Å². The van der Waals surface area contributed by atoms with Crippen molar-refractivity contribution in [1.29, 1.82) is 0 Å². The van der Waals surface area contributed by atoms with E-state index in [1.165, 1.54) is 0 Å². The lowest BCUT2D eigenvalue weighted by molar-refractivity contribution is 0.0998. The Labute approximate surface area is 184 Å². The van der Waals surface area contributed by atoms with E-state index in [1.54, 1.807) is 36.7 Å². The van der Waals surface area contributed by atoms with Crippen molar-refractivity contribution in [2.24, 2.45) is 5.73 Å². The van der Waals surface area contributed by atoms with Gasteiger partial charge in [-0.25, -0.2) is 9.97 Å². The molecule has 2 amide bonds. The molecule has 8 heteroatoms. The Morgan fingerprint density at radius 2 is 1.81 bits per heavy atom. The fourth-order valence-electron chi connectivity index (χ4n) is 3.29. The first-order valence-electron chi connectivity index (χ1n) is 10.1. The van der Waals surface area contributed by atoms with Crippen LogP contribution in [0, 0.1) is 6.92 Å². The molecule has 0 aliphatic carbocycles. The molecule has 0 saturated heterocycles. The van der Waals surface area contributed by atoms with Crippen LogP contribution in [0.25, 0.3) is 10.9 Å². The number of para-hydroxylation sites is 1. The molecule has 4 rings (SSSR count). The number of primary amides is 1. The quantitative estimate of drug-likeness (QED) is 0.430. The molecular formula is C24H22N6O2. The Bertz CT molecular complexity index is 1300. The van der Waals surface area contributed by atoms with Crippen molar-refractivity contribution in [2.75, 3.05) is 10.6 Å². The molecular weight excluding hydrogens is 404 g/mol. The zero-order chi connectivity index (χ0) is 22.7. The molecule has 0 aliphatic rings. The van der Waals surface area contributed by atoms with Gasteiger partial charge in [-0.2, -0.15) is 0 Å². The third kappa shape index (κ3) is 4.54. The lowest BCUT2D eigenvalue weighted by Crippen LogP contribution is -2.14. The van der Waals surface area contributed by atoms with Crippen molar-refractivity contribution in [2.45, 2.75) is 19.9 Å². The minimum Gasteiger partial charge on any atom is -0.366 e. The van der Waals surface area contributed by atoms with Crippen molar-refractivity contribution >= 4 is 34.4 Å². The monoisotopic (exact) mass is 426 g/mol. The van der Waals surface area contributed by atoms with Gasteiger partial charge < -0.3 is 16.4 Å². The topological polar surface area (TPSA) is 123 Å². The van der Waals surface area contributed by atoms with Crippen molar-refractivity contribution in [3.05, 3.63) is 89.4 Å². The minimum atomic E-state index is -0.541. The summed E-state index contributed by atoms with van der Waals surface area (Å²) in [7, 11) is 0. The van der Waals surface area contributed by atoms with E-state index >= 15 is 0 Å². The van der Waals surface area contributed by atoms with Gasteiger partial charge in [-0.15, -0.1) is 0 Å². The highest BCUT2D eigenvalue weighted by molar-refractivity contribution is 6.05. The SMILES string of the molecule is Cc1ccc(C(=O)Nc2cccc(C(C)Nc3ncc4cccc(C(N)=O)c4n3)c2)cn1. The second-order valence-corrected chi connectivity index (χ2v) is 7.44. The van der Waals surface area contributed by atoms with Gasteiger partial charge in [-0.3, -0.25) is 14.6 Å². The third-order valence-corrected chi connectivity index (χ3v) is 5.04. The highest BCUT2D eigenvalue weighted by atomic mass is 16.2. The summed E-state index contributed by atoms with van der Waals surface area (Å²) in [6, 6.07) is 16.1. The summed E-state index contributed by atoms with van der Waals surface area (Å²) in [6.07, 6.45) is 3.20. The van der Waals surface area contributed by atoms with E-state index < -0.39 is 5.91 Å². The number of hydrogen-bond donors (Lipinski definition) is 3. The Morgan fingerprint density at radius 3 is 2.56 bits per heavy atom. The molecule has 2 heterocycles. The Hall–Kier alpha value is -4.33. The first-order chi connectivity index (χ1) is 15.4. The second-order valence-electron chi connectivity index (χ2n) is 7.44. The van der Waals surface area contributed by atoms with Crippen LogP contribution >= 0.6 is 0 Å². The molecule has 32 heavy (non-hydrogen) atoms. The van der Waals surface area contributed by atoms with Gasteiger partial charge in [0.1, 0.15) is 0 Å². The Morgan fingerprint density at radius 1 is 1.00 bits per heavy atom. The van der Waals surface area contributed by atoms with Crippen LogP contribution in [0.4, 0.5) is 11.6 Å². The number of carbonyl (C=O) groups is 2. The second kappa shape index (κ2) is 8.81.